The van der Waals surface area contributed by atoms with Crippen LogP contribution in [0.2, 0.25) is 0 Å². The minimum Gasteiger partial charge on any atom is -0.430 e. The van der Waals surface area contributed by atoms with E-state index < -0.39 is 59.2 Å². The monoisotopic (exact) mass is 650 g/mol. The summed E-state index contributed by atoms with van der Waals surface area (Å²) in [5.41, 5.74) is 1.28. The highest BCUT2D eigenvalue weighted by Gasteiger charge is 2.48. The molecule has 0 aliphatic carbocycles. The van der Waals surface area contributed by atoms with Gasteiger partial charge in [-0.15, -0.1) is 0 Å². The van der Waals surface area contributed by atoms with Gasteiger partial charge in [-0.05, 0) is 17.7 Å². The molecule has 1 aromatic heterocycles. The van der Waals surface area contributed by atoms with Crippen molar-refractivity contribution in [2.45, 2.75) is 37.2 Å². The number of hydrogen-bond donors (Lipinski definition) is 0. The third-order valence-corrected chi connectivity index (χ3v) is 9.50. The number of rotatable bonds is 3. The Morgan fingerprint density at radius 1 is 0.851 bits per heavy atom. The second-order valence-corrected chi connectivity index (χ2v) is 12.0. The van der Waals surface area contributed by atoms with Crippen LogP contribution in [0.4, 0.5) is 19.3 Å². The van der Waals surface area contributed by atoms with Gasteiger partial charge in [0.05, 0.1) is 45.7 Å². The van der Waals surface area contributed by atoms with Crippen LogP contribution in [0.5, 0.6) is 5.75 Å². The smallest absolute Gasteiger partial charge is 0.430 e. The van der Waals surface area contributed by atoms with Crippen LogP contribution in [-0.4, -0.2) is 86.6 Å². The summed E-state index contributed by atoms with van der Waals surface area (Å²) < 4.78 is 60.5. The van der Waals surface area contributed by atoms with Gasteiger partial charge in [0.2, 0.25) is 11.2 Å². The molecule has 0 saturated carbocycles. The van der Waals surface area contributed by atoms with Crippen molar-refractivity contribution in [1.29, 1.82) is 0 Å². The Morgan fingerprint density at radius 3 is 2.45 bits per heavy atom. The lowest BCUT2D eigenvalue weighted by molar-refractivity contribution is -0.0209. The molecule has 5 aliphatic heterocycles. The number of hydrogen-bond acceptors (Lipinski definition) is 10. The fraction of sp³-hybridized carbons (Fsp3) is 0.424. The number of ether oxygens (including phenoxy) is 5. The van der Waals surface area contributed by atoms with Crippen molar-refractivity contribution in [3.8, 4) is 5.75 Å². The molecule has 47 heavy (non-hydrogen) atoms. The summed E-state index contributed by atoms with van der Waals surface area (Å²) in [4.78, 5) is 44.1. The normalized spacial score (nSPS) is 23.9. The summed E-state index contributed by atoms with van der Waals surface area (Å²) in [6.45, 7) is 2.33. The molecule has 3 saturated heterocycles. The molecule has 6 heterocycles. The van der Waals surface area contributed by atoms with Gasteiger partial charge in [0.25, 0.3) is 5.91 Å². The van der Waals surface area contributed by atoms with E-state index in [0.717, 1.165) is 17.3 Å². The molecule has 5 aliphatic rings. The molecular weight excluding hydrogens is 618 g/mol. The van der Waals surface area contributed by atoms with Crippen molar-refractivity contribution in [3.05, 3.63) is 92.9 Å². The molecule has 0 spiro atoms. The largest absolute Gasteiger partial charge is 0.514 e. The van der Waals surface area contributed by atoms with Crippen LogP contribution in [0, 0.1) is 11.6 Å². The number of fused-ring (bicyclic) bond motifs is 7. The number of carbonyl (C=O) groups excluding carboxylic acids is 2. The summed E-state index contributed by atoms with van der Waals surface area (Å²) in [7, 11) is 0. The molecule has 246 valence electrons. The highest BCUT2D eigenvalue weighted by molar-refractivity contribution is 5.97. The minimum atomic E-state index is -1.11. The zero-order valence-corrected chi connectivity index (χ0v) is 25.3. The first-order valence-electron chi connectivity index (χ1n) is 15.7. The lowest BCUT2D eigenvalue weighted by atomic mass is 9.91. The minimum absolute atomic E-state index is 0.0905. The summed E-state index contributed by atoms with van der Waals surface area (Å²) in [6, 6.07) is 10.0. The molecule has 3 atom stereocenters. The Hall–Kier alpha value is -4.53. The molecule has 3 aromatic rings. The number of morpholine rings is 2. The topological polar surface area (TPSA) is 112 Å². The Morgan fingerprint density at radius 2 is 1.62 bits per heavy atom. The second kappa shape index (κ2) is 11.9. The summed E-state index contributed by atoms with van der Waals surface area (Å²) >= 11 is 0. The molecule has 14 heteroatoms. The molecular formula is C33H32F2N4O8. The zero-order chi connectivity index (χ0) is 32.2. The van der Waals surface area contributed by atoms with Crippen LogP contribution < -0.4 is 20.1 Å². The maximum atomic E-state index is 16.1. The van der Waals surface area contributed by atoms with Gasteiger partial charge in [-0.25, -0.2) is 13.6 Å². The predicted octanol–water partition coefficient (Wildman–Crippen LogP) is 3.25. The molecule has 0 N–H and O–H groups in total. The van der Waals surface area contributed by atoms with Crippen LogP contribution in [0.3, 0.4) is 0 Å². The van der Waals surface area contributed by atoms with Gasteiger partial charge in [-0.2, -0.15) is 0 Å². The van der Waals surface area contributed by atoms with Gasteiger partial charge in [0, 0.05) is 55.0 Å². The number of halogens is 2. The van der Waals surface area contributed by atoms with Gasteiger partial charge in [-0.1, -0.05) is 24.3 Å². The number of carbonyl (C=O) groups is 2. The lowest BCUT2D eigenvalue weighted by Gasteiger charge is -2.51. The zero-order valence-electron chi connectivity index (χ0n) is 25.3. The maximum Gasteiger partial charge on any atom is 0.514 e. The SMILES string of the molecule is O=C(Oc1c2n(ccc1=O)N(C1c3ccccc3N3CCOCC3c3c1ccc(F)c3F)C1COCCN1C2=O)OC1CCOCC1. The quantitative estimate of drug-likeness (QED) is 0.392. The Bertz CT molecular complexity index is 1800. The Balaban J connectivity index is 1.32. The maximum absolute atomic E-state index is 16.1. The first-order valence-corrected chi connectivity index (χ1v) is 15.7. The van der Waals surface area contributed by atoms with E-state index in [9.17, 15) is 14.4 Å². The molecule has 0 radical (unpaired) electrons. The average Bonchev–Trinajstić information content (AvgIpc) is 3.21. The first kappa shape index (κ1) is 29.8. The number of para-hydroxylation sites is 1. The number of benzene rings is 2. The van der Waals surface area contributed by atoms with Crippen molar-refractivity contribution in [2.24, 2.45) is 0 Å². The van der Waals surface area contributed by atoms with E-state index in [0.29, 0.717) is 44.8 Å². The third kappa shape index (κ3) is 4.93. The third-order valence-electron chi connectivity index (χ3n) is 9.50. The van der Waals surface area contributed by atoms with E-state index in [2.05, 4.69) is 0 Å². The summed E-state index contributed by atoms with van der Waals surface area (Å²) in [6.07, 6.45) is 0.103. The van der Waals surface area contributed by atoms with Gasteiger partial charge >= 0.3 is 6.16 Å². The lowest BCUT2D eigenvalue weighted by Crippen LogP contribution is -2.66. The Kier molecular flexibility index (Phi) is 7.57. The van der Waals surface area contributed by atoms with Gasteiger partial charge < -0.3 is 33.5 Å². The van der Waals surface area contributed by atoms with Crippen molar-refractivity contribution < 1.29 is 42.1 Å². The van der Waals surface area contributed by atoms with Crippen molar-refractivity contribution in [2.75, 3.05) is 62.6 Å². The highest BCUT2D eigenvalue weighted by atomic mass is 19.2. The molecule has 1 amide bonds. The fourth-order valence-corrected chi connectivity index (χ4v) is 7.38. The average molecular weight is 651 g/mol. The predicted molar refractivity (Wildman–Crippen MR) is 161 cm³/mol. The van der Waals surface area contributed by atoms with Crippen molar-refractivity contribution >= 4 is 17.7 Å². The van der Waals surface area contributed by atoms with E-state index in [1.807, 2.05) is 34.2 Å². The molecule has 0 bridgehead atoms. The molecule has 3 unspecified atom stereocenters. The standard InChI is InChI=1S/C33H32F2N4O8/c34-22-6-5-21-27(28(22)35)24-17-44-15-11-36(24)23-4-2-1-3-20(23)29(21)39-26-18-45-16-12-37(26)32(41)30-31(25(40)7-10-38(30)39)47-33(42)46-19-8-13-43-14-9-19/h1-7,10,19,24,26,29H,8-9,11-18H2. The highest BCUT2D eigenvalue weighted by Crippen LogP contribution is 2.48. The summed E-state index contributed by atoms with van der Waals surface area (Å²) in [5.74, 6) is -2.99. The fourth-order valence-electron chi connectivity index (χ4n) is 7.38. The van der Waals surface area contributed by atoms with E-state index >= 15 is 8.78 Å². The molecule has 3 fully saturated rings. The van der Waals surface area contributed by atoms with E-state index in [4.69, 9.17) is 23.7 Å². The van der Waals surface area contributed by atoms with Crippen LogP contribution in [0.1, 0.15) is 52.1 Å². The van der Waals surface area contributed by atoms with E-state index in [1.165, 1.54) is 16.9 Å². The van der Waals surface area contributed by atoms with Crippen LogP contribution in [0.15, 0.2) is 53.5 Å². The Labute approximate surface area is 267 Å². The molecule has 12 nitrogen and oxygen atoms in total. The summed E-state index contributed by atoms with van der Waals surface area (Å²) in [5, 5.41) is 1.82. The number of aromatic nitrogens is 1. The molecule has 8 rings (SSSR count). The van der Waals surface area contributed by atoms with Crippen LogP contribution >= 0.6 is 0 Å². The van der Waals surface area contributed by atoms with Gasteiger partial charge in [0.15, 0.2) is 17.3 Å². The number of nitrogens with zero attached hydrogens (tertiary/aromatic N) is 4. The van der Waals surface area contributed by atoms with Crippen LogP contribution in [0.25, 0.3) is 0 Å². The number of anilines is 1. The number of amides is 1. The van der Waals surface area contributed by atoms with Crippen LogP contribution in [-0.2, 0) is 18.9 Å². The van der Waals surface area contributed by atoms with Gasteiger partial charge in [-0.3, -0.25) is 19.3 Å². The van der Waals surface area contributed by atoms with E-state index in [1.54, 1.807) is 11.0 Å². The van der Waals surface area contributed by atoms with Crippen molar-refractivity contribution in [1.82, 2.24) is 9.58 Å². The van der Waals surface area contributed by atoms with Crippen molar-refractivity contribution in [3.63, 3.8) is 0 Å². The van der Waals surface area contributed by atoms with Gasteiger partial charge in [0.1, 0.15) is 18.3 Å². The molecule has 2 aromatic carbocycles. The first-order chi connectivity index (χ1) is 22.9. The van der Waals surface area contributed by atoms with E-state index in [-0.39, 0.29) is 37.6 Å². The number of pyridine rings is 1. The second-order valence-electron chi connectivity index (χ2n) is 12.0.